The Bertz CT molecular complexity index is 645. The van der Waals surface area contributed by atoms with Crippen LogP contribution < -0.4 is 9.64 Å². The predicted molar refractivity (Wildman–Crippen MR) is 87.3 cm³/mol. The van der Waals surface area contributed by atoms with Gasteiger partial charge in [-0.15, -0.1) is 0 Å². The lowest BCUT2D eigenvalue weighted by Crippen LogP contribution is -2.24. The summed E-state index contributed by atoms with van der Waals surface area (Å²) in [5.41, 5.74) is 2.11. The van der Waals surface area contributed by atoms with Gasteiger partial charge in [0.2, 0.25) is 0 Å². The Morgan fingerprint density at radius 2 is 2.00 bits per heavy atom. The molecule has 0 radical (unpaired) electrons. The fourth-order valence-electron chi connectivity index (χ4n) is 2.86. The second-order valence-electron chi connectivity index (χ2n) is 5.90. The summed E-state index contributed by atoms with van der Waals surface area (Å²) in [6, 6.07) is 0.695. The smallest absolute Gasteiger partial charge is 0.316 e. The van der Waals surface area contributed by atoms with Crippen LogP contribution in [0.15, 0.2) is 24.8 Å². The molecule has 1 aliphatic heterocycles. The summed E-state index contributed by atoms with van der Waals surface area (Å²) in [5.74, 6) is 0.891. The lowest BCUT2D eigenvalue weighted by Gasteiger charge is -2.24. The van der Waals surface area contributed by atoms with Gasteiger partial charge in [0.25, 0.3) is 0 Å². The van der Waals surface area contributed by atoms with Crippen LogP contribution in [0.25, 0.3) is 0 Å². The highest BCUT2D eigenvalue weighted by atomic mass is 16.5. The Labute approximate surface area is 136 Å². The molecule has 2 aromatic rings. The number of anilines is 1. The van der Waals surface area contributed by atoms with E-state index in [4.69, 9.17) is 9.72 Å². The lowest BCUT2D eigenvalue weighted by molar-refractivity contribution is 0.243. The highest BCUT2D eigenvalue weighted by molar-refractivity contribution is 5.34. The average Bonchev–Trinajstić information content (AvgIpc) is 3.04. The van der Waals surface area contributed by atoms with Gasteiger partial charge in [0.1, 0.15) is 5.82 Å². The quantitative estimate of drug-likeness (QED) is 0.831. The Balaban J connectivity index is 1.75. The maximum absolute atomic E-state index is 5.01. The lowest BCUT2D eigenvalue weighted by atomic mass is 10.1. The van der Waals surface area contributed by atoms with Gasteiger partial charge in [0, 0.05) is 38.6 Å². The molecule has 0 bridgehead atoms. The molecule has 0 spiro atoms. The van der Waals surface area contributed by atoms with Gasteiger partial charge in [-0.25, -0.2) is 15.0 Å². The van der Waals surface area contributed by atoms with Crippen LogP contribution in [-0.4, -0.2) is 52.6 Å². The second kappa shape index (κ2) is 6.87. The van der Waals surface area contributed by atoms with E-state index in [-0.39, 0.29) is 0 Å². The minimum Gasteiger partial charge on any atom is -0.467 e. The molecule has 0 amide bonds. The molecule has 3 heterocycles. The van der Waals surface area contributed by atoms with Gasteiger partial charge in [-0.1, -0.05) is 0 Å². The topological polar surface area (TPSA) is 67.3 Å². The molecule has 0 N–H and O–H groups in total. The molecule has 0 aliphatic carbocycles. The molecule has 1 fully saturated rings. The molecule has 1 unspecified atom stereocenters. The van der Waals surface area contributed by atoms with Crippen molar-refractivity contribution < 1.29 is 4.74 Å². The molecule has 3 rings (SSSR count). The van der Waals surface area contributed by atoms with E-state index in [1.54, 1.807) is 13.3 Å². The van der Waals surface area contributed by atoms with E-state index in [9.17, 15) is 0 Å². The van der Waals surface area contributed by atoms with Crippen molar-refractivity contribution in [3.8, 4) is 6.01 Å². The molecule has 0 aromatic carbocycles. The Kier molecular flexibility index (Phi) is 4.66. The number of aromatic nitrogens is 4. The van der Waals surface area contributed by atoms with Crippen molar-refractivity contribution in [2.24, 2.45) is 0 Å². The van der Waals surface area contributed by atoms with E-state index >= 15 is 0 Å². The first-order valence-corrected chi connectivity index (χ1v) is 7.75. The fourth-order valence-corrected chi connectivity index (χ4v) is 2.86. The molecule has 122 valence electrons. The van der Waals surface area contributed by atoms with Crippen LogP contribution in [0, 0.1) is 0 Å². The highest BCUT2D eigenvalue weighted by Crippen LogP contribution is 2.32. The Hall–Kier alpha value is -2.28. The Morgan fingerprint density at radius 3 is 2.70 bits per heavy atom. The first-order chi connectivity index (χ1) is 11.2. The van der Waals surface area contributed by atoms with Gasteiger partial charge in [-0.05, 0) is 19.4 Å². The van der Waals surface area contributed by atoms with Crippen LogP contribution in [0.3, 0.4) is 0 Å². The minimum atomic E-state index is 0.296. The summed E-state index contributed by atoms with van der Waals surface area (Å²) < 4.78 is 5.01. The van der Waals surface area contributed by atoms with Gasteiger partial charge < -0.3 is 9.64 Å². The van der Waals surface area contributed by atoms with Gasteiger partial charge in [0.05, 0.1) is 31.2 Å². The van der Waals surface area contributed by atoms with Crippen LogP contribution in [0.5, 0.6) is 6.01 Å². The molecule has 7 nitrogen and oxygen atoms in total. The van der Waals surface area contributed by atoms with Crippen molar-refractivity contribution in [2.75, 3.05) is 32.6 Å². The first kappa shape index (κ1) is 15.6. The zero-order chi connectivity index (χ0) is 16.2. The summed E-state index contributed by atoms with van der Waals surface area (Å²) in [4.78, 5) is 21.8. The standard InChI is InChI=1S/C16H22N6O/c1-21(2)15-10-17-9-13(20-15)14-5-4-6-22(14)11-12-7-18-16(23-3)19-8-12/h7-10,14H,4-6,11H2,1-3H3. The summed E-state index contributed by atoms with van der Waals surface area (Å²) in [7, 11) is 5.53. The number of hydrogen-bond donors (Lipinski definition) is 0. The van der Waals surface area contributed by atoms with Gasteiger partial charge >= 0.3 is 6.01 Å². The zero-order valence-electron chi connectivity index (χ0n) is 13.8. The van der Waals surface area contributed by atoms with E-state index in [1.165, 1.54) is 0 Å². The normalized spacial score (nSPS) is 18.1. The van der Waals surface area contributed by atoms with Gasteiger partial charge in [-0.2, -0.15) is 0 Å². The third-order valence-electron chi connectivity index (χ3n) is 4.05. The van der Waals surface area contributed by atoms with Gasteiger partial charge in [0.15, 0.2) is 0 Å². The molecule has 23 heavy (non-hydrogen) atoms. The number of rotatable bonds is 5. The van der Waals surface area contributed by atoms with E-state index in [0.29, 0.717) is 12.1 Å². The number of hydrogen-bond acceptors (Lipinski definition) is 7. The van der Waals surface area contributed by atoms with E-state index in [1.807, 2.05) is 37.6 Å². The van der Waals surface area contributed by atoms with E-state index < -0.39 is 0 Å². The van der Waals surface area contributed by atoms with Crippen molar-refractivity contribution in [3.05, 3.63) is 36.0 Å². The van der Waals surface area contributed by atoms with Crippen LogP contribution in [0.2, 0.25) is 0 Å². The van der Waals surface area contributed by atoms with Crippen molar-refractivity contribution in [1.82, 2.24) is 24.8 Å². The molecule has 1 atom stereocenters. The summed E-state index contributed by atoms with van der Waals surface area (Å²) in [5, 5.41) is 0. The van der Waals surface area contributed by atoms with E-state index in [0.717, 1.165) is 43.0 Å². The van der Waals surface area contributed by atoms with Crippen LogP contribution in [0.1, 0.15) is 30.1 Å². The second-order valence-corrected chi connectivity index (χ2v) is 5.90. The molecule has 1 saturated heterocycles. The maximum atomic E-state index is 5.01. The summed E-state index contributed by atoms with van der Waals surface area (Å²) in [6.45, 7) is 1.85. The third-order valence-corrected chi connectivity index (χ3v) is 4.05. The zero-order valence-corrected chi connectivity index (χ0v) is 13.8. The number of ether oxygens (including phenoxy) is 1. The molecular formula is C16H22N6O. The molecule has 0 saturated carbocycles. The maximum Gasteiger partial charge on any atom is 0.316 e. The monoisotopic (exact) mass is 314 g/mol. The van der Waals surface area contributed by atoms with Crippen LogP contribution in [-0.2, 0) is 6.54 Å². The Morgan fingerprint density at radius 1 is 1.22 bits per heavy atom. The van der Waals surface area contributed by atoms with Gasteiger partial charge in [-0.3, -0.25) is 9.88 Å². The average molecular weight is 314 g/mol. The van der Waals surface area contributed by atoms with Crippen LogP contribution in [0.4, 0.5) is 5.82 Å². The minimum absolute atomic E-state index is 0.296. The SMILES string of the molecule is COc1ncc(CN2CCCC2c2cncc(N(C)C)n2)cn1. The highest BCUT2D eigenvalue weighted by Gasteiger charge is 2.27. The third kappa shape index (κ3) is 3.56. The van der Waals surface area contributed by atoms with Crippen LogP contribution >= 0.6 is 0 Å². The molecule has 2 aromatic heterocycles. The largest absolute Gasteiger partial charge is 0.467 e. The summed E-state index contributed by atoms with van der Waals surface area (Å²) in [6.07, 6.45) is 9.57. The van der Waals surface area contributed by atoms with Crippen molar-refractivity contribution >= 4 is 5.82 Å². The molecule has 1 aliphatic rings. The number of nitrogens with zero attached hydrogens (tertiary/aromatic N) is 6. The fraction of sp³-hybridized carbons (Fsp3) is 0.500. The van der Waals surface area contributed by atoms with E-state index in [2.05, 4.69) is 19.9 Å². The van der Waals surface area contributed by atoms with Crippen molar-refractivity contribution in [2.45, 2.75) is 25.4 Å². The molecule has 7 heteroatoms. The number of methoxy groups -OCH3 is 1. The van der Waals surface area contributed by atoms with Crippen molar-refractivity contribution in [1.29, 1.82) is 0 Å². The van der Waals surface area contributed by atoms with Crippen molar-refractivity contribution in [3.63, 3.8) is 0 Å². The number of likely N-dealkylation sites (tertiary alicyclic amines) is 1. The first-order valence-electron chi connectivity index (χ1n) is 7.75. The predicted octanol–water partition coefficient (Wildman–Crippen LogP) is 1.68. The molecular weight excluding hydrogens is 292 g/mol. The summed E-state index contributed by atoms with van der Waals surface area (Å²) >= 11 is 0.